The van der Waals surface area contributed by atoms with Gasteiger partial charge in [0.1, 0.15) is 12.0 Å². The molecule has 0 unspecified atom stereocenters. The molecule has 1 aromatic heterocycles. The molecule has 20 heavy (non-hydrogen) atoms. The van der Waals surface area contributed by atoms with Crippen molar-refractivity contribution in [3.05, 3.63) is 36.6 Å². The van der Waals surface area contributed by atoms with Gasteiger partial charge in [0.05, 0.1) is 11.2 Å². The molecular formula is C15H18BNO3. The van der Waals surface area contributed by atoms with Gasteiger partial charge in [-0.25, -0.2) is 4.98 Å². The van der Waals surface area contributed by atoms with Crippen molar-refractivity contribution in [2.24, 2.45) is 0 Å². The maximum absolute atomic E-state index is 5.92. The Hall–Kier alpha value is -1.59. The molecule has 2 aromatic rings. The zero-order valence-corrected chi connectivity index (χ0v) is 12.2. The molecule has 5 heteroatoms. The minimum Gasteiger partial charge on any atom is -0.451 e. The molecule has 0 atom stereocenters. The van der Waals surface area contributed by atoms with E-state index in [0.717, 1.165) is 11.3 Å². The lowest BCUT2D eigenvalue weighted by Crippen LogP contribution is -2.41. The van der Waals surface area contributed by atoms with Gasteiger partial charge in [-0.05, 0) is 27.7 Å². The fourth-order valence-corrected chi connectivity index (χ4v) is 2.08. The van der Waals surface area contributed by atoms with Crippen LogP contribution in [-0.4, -0.2) is 23.3 Å². The summed E-state index contributed by atoms with van der Waals surface area (Å²) in [6.45, 7) is 8.03. The Morgan fingerprint density at radius 3 is 2.15 bits per heavy atom. The van der Waals surface area contributed by atoms with E-state index in [-0.39, 0.29) is 11.2 Å². The second-order valence-corrected chi connectivity index (χ2v) is 6.03. The summed E-state index contributed by atoms with van der Waals surface area (Å²) >= 11 is 0. The highest BCUT2D eigenvalue weighted by Crippen LogP contribution is 2.36. The van der Waals surface area contributed by atoms with Gasteiger partial charge in [-0.1, -0.05) is 30.3 Å². The van der Waals surface area contributed by atoms with E-state index in [0.29, 0.717) is 5.79 Å². The summed E-state index contributed by atoms with van der Waals surface area (Å²) in [5.74, 6) is 0.461. The summed E-state index contributed by atoms with van der Waals surface area (Å²) in [4.78, 5) is 4.48. The summed E-state index contributed by atoms with van der Waals surface area (Å²) in [5.41, 5.74) is 1.02. The van der Waals surface area contributed by atoms with Crippen molar-refractivity contribution in [1.82, 2.24) is 4.98 Å². The average Bonchev–Trinajstić information content (AvgIpc) is 2.94. The van der Waals surface area contributed by atoms with Crippen LogP contribution in [0.4, 0.5) is 0 Å². The van der Waals surface area contributed by atoms with Crippen molar-refractivity contribution in [1.29, 1.82) is 0 Å². The van der Waals surface area contributed by atoms with Gasteiger partial charge >= 0.3 is 7.12 Å². The zero-order valence-electron chi connectivity index (χ0n) is 12.2. The average molecular weight is 271 g/mol. The minimum atomic E-state index is -0.558. The van der Waals surface area contributed by atoms with Gasteiger partial charge in [0, 0.05) is 5.56 Å². The molecule has 0 bridgehead atoms. The number of hydrogen-bond acceptors (Lipinski definition) is 4. The number of rotatable bonds is 2. The van der Waals surface area contributed by atoms with Crippen LogP contribution in [-0.2, 0) is 9.31 Å². The molecule has 1 aliphatic rings. The third kappa shape index (κ3) is 2.17. The Morgan fingerprint density at radius 2 is 1.55 bits per heavy atom. The smallest absolute Gasteiger partial charge is 0.451 e. The molecule has 3 rings (SSSR count). The van der Waals surface area contributed by atoms with Gasteiger partial charge in [-0.3, -0.25) is 0 Å². The molecule has 2 heterocycles. The summed E-state index contributed by atoms with van der Waals surface area (Å²) < 4.78 is 17.4. The van der Waals surface area contributed by atoms with E-state index in [1.54, 1.807) is 6.26 Å². The molecule has 1 aliphatic heterocycles. The number of hydrogen-bond donors (Lipinski definition) is 0. The predicted molar refractivity (Wildman–Crippen MR) is 77.7 cm³/mol. The maximum Gasteiger partial charge on any atom is 0.554 e. The summed E-state index contributed by atoms with van der Waals surface area (Å²) in [5, 5.41) is 0. The van der Waals surface area contributed by atoms with Gasteiger partial charge in [0.15, 0.2) is 0 Å². The van der Waals surface area contributed by atoms with Crippen molar-refractivity contribution in [3.63, 3.8) is 0 Å². The maximum atomic E-state index is 5.92. The predicted octanol–water partition coefficient (Wildman–Crippen LogP) is 2.64. The Kier molecular flexibility index (Phi) is 2.99. The van der Waals surface area contributed by atoms with Crippen LogP contribution >= 0.6 is 0 Å². The normalized spacial score (nSPS) is 20.3. The Morgan fingerprint density at radius 1 is 0.950 bits per heavy atom. The molecular weight excluding hydrogens is 253 g/mol. The van der Waals surface area contributed by atoms with E-state index in [2.05, 4.69) is 4.98 Å². The van der Waals surface area contributed by atoms with Crippen molar-refractivity contribution in [2.45, 2.75) is 38.9 Å². The first-order chi connectivity index (χ1) is 9.39. The first kappa shape index (κ1) is 13.4. The number of oxazole rings is 1. The fraction of sp³-hybridized carbons (Fsp3) is 0.400. The SMILES string of the molecule is CC1(C)OB(c2nc(-c3ccccc3)co2)OC1(C)C. The molecule has 1 fully saturated rings. The third-order valence-corrected chi connectivity index (χ3v) is 4.05. The number of benzene rings is 1. The zero-order chi connectivity index (χ0) is 14.4. The van der Waals surface area contributed by atoms with E-state index < -0.39 is 7.12 Å². The highest BCUT2D eigenvalue weighted by Gasteiger charge is 2.53. The first-order valence-electron chi connectivity index (χ1n) is 6.75. The van der Waals surface area contributed by atoms with Crippen LogP contribution in [0.25, 0.3) is 11.3 Å². The standard InChI is InChI=1S/C15H18BNO3/c1-14(2)15(3,4)20-16(19-14)13-17-12(10-18-13)11-8-6-5-7-9-11/h5-10H,1-4H3. The van der Waals surface area contributed by atoms with E-state index in [9.17, 15) is 0 Å². The molecule has 4 nitrogen and oxygen atoms in total. The lowest BCUT2D eigenvalue weighted by molar-refractivity contribution is 0.00578. The van der Waals surface area contributed by atoms with Gasteiger partial charge < -0.3 is 13.7 Å². The molecule has 0 saturated carbocycles. The molecule has 104 valence electrons. The van der Waals surface area contributed by atoms with E-state index in [1.807, 2.05) is 58.0 Å². The lowest BCUT2D eigenvalue weighted by Gasteiger charge is -2.32. The van der Waals surface area contributed by atoms with Gasteiger partial charge in [-0.15, -0.1) is 0 Å². The summed E-state index contributed by atoms with van der Waals surface area (Å²) in [6, 6.07) is 9.90. The monoisotopic (exact) mass is 271 g/mol. The molecule has 0 radical (unpaired) electrons. The van der Waals surface area contributed by atoms with Crippen LogP contribution in [0, 0.1) is 0 Å². The van der Waals surface area contributed by atoms with Crippen LogP contribution in [0.1, 0.15) is 27.7 Å². The highest BCUT2D eigenvalue weighted by atomic mass is 16.7. The number of nitrogens with zero attached hydrogens (tertiary/aromatic N) is 1. The Labute approximate surface area is 119 Å². The van der Waals surface area contributed by atoms with E-state index in [4.69, 9.17) is 13.7 Å². The fourth-order valence-electron chi connectivity index (χ4n) is 2.08. The quantitative estimate of drug-likeness (QED) is 0.787. The Balaban J connectivity index is 1.86. The topological polar surface area (TPSA) is 44.5 Å². The Bertz CT molecular complexity index is 591. The van der Waals surface area contributed by atoms with Crippen molar-refractivity contribution < 1.29 is 13.7 Å². The van der Waals surface area contributed by atoms with Crippen molar-refractivity contribution in [3.8, 4) is 11.3 Å². The third-order valence-electron chi connectivity index (χ3n) is 4.05. The van der Waals surface area contributed by atoms with Crippen LogP contribution in [0.3, 0.4) is 0 Å². The number of aromatic nitrogens is 1. The van der Waals surface area contributed by atoms with Crippen molar-refractivity contribution >= 4 is 12.9 Å². The van der Waals surface area contributed by atoms with E-state index in [1.165, 1.54) is 0 Å². The minimum absolute atomic E-state index is 0.390. The van der Waals surface area contributed by atoms with Crippen LogP contribution in [0.2, 0.25) is 0 Å². The molecule has 0 aliphatic carbocycles. The molecule has 0 amide bonds. The molecule has 1 saturated heterocycles. The second-order valence-electron chi connectivity index (χ2n) is 6.03. The van der Waals surface area contributed by atoms with Crippen molar-refractivity contribution in [2.75, 3.05) is 0 Å². The van der Waals surface area contributed by atoms with Gasteiger partial charge in [-0.2, -0.15) is 0 Å². The summed E-state index contributed by atoms with van der Waals surface area (Å²) in [7, 11) is -0.558. The van der Waals surface area contributed by atoms with Crippen LogP contribution in [0.5, 0.6) is 0 Å². The molecule has 1 aromatic carbocycles. The van der Waals surface area contributed by atoms with Crippen LogP contribution < -0.4 is 5.79 Å². The van der Waals surface area contributed by atoms with Gasteiger partial charge in [0.2, 0.25) is 5.79 Å². The lowest BCUT2D eigenvalue weighted by atomic mass is 9.90. The molecule has 0 spiro atoms. The van der Waals surface area contributed by atoms with Gasteiger partial charge in [0.25, 0.3) is 0 Å². The van der Waals surface area contributed by atoms with E-state index >= 15 is 0 Å². The van der Waals surface area contributed by atoms with Crippen LogP contribution in [0.15, 0.2) is 41.0 Å². The summed E-state index contributed by atoms with van der Waals surface area (Å²) in [6.07, 6.45) is 1.63. The largest absolute Gasteiger partial charge is 0.554 e. The second kappa shape index (κ2) is 4.47. The molecule has 0 N–H and O–H groups in total. The highest BCUT2D eigenvalue weighted by molar-refractivity contribution is 6.59. The first-order valence-corrected chi connectivity index (χ1v) is 6.75.